The summed E-state index contributed by atoms with van der Waals surface area (Å²) in [7, 11) is 3.21. The number of ether oxygens (including phenoxy) is 2. The monoisotopic (exact) mass is 278 g/mol. The average Bonchev–Trinajstić information content (AvgIpc) is 2.47. The molecule has 1 saturated heterocycles. The molecule has 1 aromatic carbocycles. The zero-order valence-electron chi connectivity index (χ0n) is 12.3. The number of rotatable bonds is 4. The summed E-state index contributed by atoms with van der Waals surface area (Å²) in [6.45, 7) is 4.49. The third-order valence-electron chi connectivity index (χ3n) is 3.68. The van der Waals surface area contributed by atoms with E-state index in [4.69, 9.17) is 9.47 Å². The van der Waals surface area contributed by atoms with Gasteiger partial charge < -0.3 is 19.7 Å². The lowest BCUT2D eigenvalue weighted by atomic mass is 10.1. The average molecular weight is 278 g/mol. The van der Waals surface area contributed by atoms with Gasteiger partial charge in [0, 0.05) is 31.2 Å². The fourth-order valence-electron chi connectivity index (χ4n) is 2.57. The zero-order chi connectivity index (χ0) is 14.5. The van der Waals surface area contributed by atoms with Crippen molar-refractivity contribution in [1.29, 1.82) is 0 Å². The summed E-state index contributed by atoms with van der Waals surface area (Å²) >= 11 is 0. The molecular formula is C15H22N2O3. The summed E-state index contributed by atoms with van der Waals surface area (Å²) in [5.41, 5.74) is 0.813. The van der Waals surface area contributed by atoms with E-state index in [1.807, 2.05) is 23.1 Å². The molecule has 1 amide bonds. The van der Waals surface area contributed by atoms with Gasteiger partial charge in [0.15, 0.2) is 0 Å². The summed E-state index contributed by atoms with van der Waals surface area (Å²) in [6.07, 6.45) is 0.303. The first-order valence-electron chi connectivity index (χ1n) is 6.87. The molecular weight excluding hydrogens is 256 g/mol. The van der Waals surface area contributed by atoms with Crippen molar-refractivity contribution in [3.05, 3.63) is 23.8 Å². The highest BCUT2D eigenvalue weighted by Crippen LogP contribution is 2.29. The summed E-state index contributed by atoms with van der Waals surface area (Å²) in [6, 6.07) is 5.79. The highest BCUT2D eigenvalue weighted by Gasteiger charge is 2.24. The molecule has 5 nitrogen and oxygen atoms in total. The summed E-state index contributed by atoms with van der Waals surface area (Å²) < 4.78 is 10.7. The molecule has 1 heterocycles. The van der Waals surface area contributed by atoms with Gasteiger partial charge in [0.1, 0.15) is 11.5 Å². The van der Waals surface area contributed by atoms with Gasteiger partial charge in [-0.2, -0.15) is 0 Å². The Morgan fingerprint density at radius 3 is 2.55 bits per heavy atom. The van der Waals surface area contributed by atoms with Crippen LogP contribution in [0.2, 0.25) is 0 Å². The van der Waals surface area contributed by atoms with Gasteiger partial charge >= 0.3 is 0 Å². The summed E-state index contributed by atoms with van der Waals surface area (Å²) in [5.74, 6) is 1.50. The Morgan fingerprint density at radius 2 is 2.00 bits per heavy atom. The molecule has 0 bridgehead atoms. The quantitative estimate of drug-likeness (QED) is 0.895. The third kappa shape index (κ3) is 3.04. The first-order valence-corrected chi connectivity index (χ1v) is 6.87. The van der Waals surface area contributed by atoms with Crippen LogP contribution in [0.4, 0.5) is 0 Å². The van der Waals surface area contributed by atoms with Crippen LogP contribution in [-0.2, 0) is 11.2 Å². The molecule has 0 unspecified atom stereocenters. The topological polar surface area (TPSA) is 50.8 Å². The SMILES string of the molecule is COc1cccc(OC)c1CC(=O)N1CCNC[C@@H]1C. The summed E-state index contributed by atoms with van der Waals surface area (Å²) in [5, 5.41) is 3.29. The van der Waals surface area contributed by atoms with Gasteiger partial charge in [-0.3, -0.25) is 4.79 Å². The van der Waals surface area contributed by atoms with E-state index in [1.54, 1.807) is 14.2 Å². The van der Waals surface area contributed by atoms with Crippen LogP contribution in [0.3, 0.4) is 0 Å². The molecule has 1 aliphatic heterocycles. The number of benzene rings is 1. The molecule has 1 fully saturated rings. The molecule has 0 aromatic heterocycles. The van der Waals surface area contributed by atoms with Gasteiger partial charge in [0.2, 0.25) is 5.91 Å². The van der Waals surface area contributed by atoms with Crippen molar-refractivity contribution in [2.24, 2.45) is 0 Å². The Kier molecular flexibility index (Phi) is 4.84. The maximum absolute atomic E-state index is 12.5. The minimum Gasteiger partial charge on any atom is -0.496 e. The second-order valence-electron chi connectivity index (χ2n) is 4.96. The minimum atomic E-state index is 0.113. The van der Waals surface area contributed by atoms with Crippen LogP contribution >= 0.6 is 0 Å². The highest BCUT2D eigenvalue weighted by atomic mass is 16.5. The Hall–Kier alpha value is -1.75. The molecule has 1 N–H and O–H groups in total. The zero-order valence-corrected chi connectivity index (χ0v) is 12.3. The Morgan fingerprint density at radius 1 is 1.35 bits per heavy atom. The largest absolute Gasteiger partial charge is 0.496 e. The lowest BCUT2D eigenvalue weighted by Gasteiger charge is -2.34. The van der Waals surface area contributed by atoms with Crippen LogP contribution in [-0.4, -0.2) is 50.7 Å². The number of amides is 1. The van der Waals surface area contributed by atoms with Crippen molar-refractivity contribution in [2.75, 3.05) is 33.9 Å². The molecule has 20 heavy (non-hydrogen) atoms. The first kappa shape index (κ1) is 14.7. The van der Waals surface area contributed by atoms with E-state index in [2.05, 4.69) is 12.2 Å². The number of methoxy groups -OCH3 is 2. The van der Waals surface area contributed by atoms with Gasteiger partial charge in [-0.05, 0) is 19.1 Å². The first-order chi connectivity index (χ1) is 9.67. The van der Waals surface area contributed by atoms with Crippen molar-refractivity contribution < 1.29 is 14.3 Å². The maximum Gasteiger partial charge on any atom is 0.227 e. The molecule has 2 rings (SSSR count). The Balaban J connectivity index is 2.18. The van der Waals surface area contributed by atoms with Gasteiger partial charge in [-0.25, -0.2) is 0 Å². The van der Waals surface area contributed by atoms with Crippen LogP contribution in [0.1, 0.15) is 12.5 Å². The normalized spacial score (nSPS) is 18.8. The molecule has 0 spiro atoms. The van der Waals surface area contributed by atoms with E-state index >= 15 is 0 Å². The molecule has 0 aliphatic carbocycles. The minimum absolute atomic E-state index is 0.113. The van der Waals surface area contributed by atoms with E-state index in [0.717, 1.165) is 25.2 Å². The third-order valence-corrected chi connectivity index (χ3v) is 3.68. The van der Waals surface area contributed by atoms with Crippen molar-refractivity contribution in [3.8, 4) is 11.5 Å². The van der Waals surface area contributed by atoms with Crippen LogP contribution < -0.4 is 14.8 Å². The van der Waals surface area contributed by atoms with Crippen molar-refractivity contribution in [3.63, 3.8) is 0 Å². The van der Waals surface area contributed by atoms with Crippen molar-refractivity contribution in [2.45, 2.75) is 19.4 Å². The Bertz CT molecular complexity index is 454. The van der Waals surface area contributed by atoms with Crippen LogP contribution in [0.15, 0.2) is 18.2 Å². The second-order valence-corrected chi connectivity index (χ2v) is 4.96. The smallest absolute Gasteiger partial charge is 0.227 e. The van der Waals surface area contributed by atoms with Crippen LogP contribution in [0.5, 0.6) is 11.5 Å². The number of carbonyl (C=O) groups is 1. The lowest BCUT2D eigenvalue weighted by molar-refractivity contribution is -0.133. The second kappa shape index (κ2) is 6.61. The maximum atomic E-state index is 12.5. The number of piperazine rings is 1. The van der Waals surface area contributed by atoms with Crippen molar-refractivity contribution >= 4 is 5.91 Å². The number of carbonyl (C=O) groups excluding carboxylic acids is 1. The van der Waals surface area contributed by atoms with E-state index in [9.17, 15) is 4.79 Å². The fraction of sp³-hybridized carbons (Fsp3) is 0.533. The van der Waals surface area contributed by atoms with E-state index in [-0.39, 0.29) is 11.9 Å². The number of nitrogens with one attached hydrogen (secondary N) is 1. The lowest BCUT2D eigenvalue weighted by Crippen LogP contribution is -2.52. The molecule has 1 aliphatic rings. The summed E-state index contributed by atoms with van der Waals surface area (Å²) in [4.78, 5) is 14.4. The number of hydrogen-bond acceptors (Lipinski definition) is 4. The number of hydrogen-bond donors (Lipinski definition) is 1. The molecule has 1 aromatic rings. The molecule has 1 atom stereocenters. The predicted molar refractivity (Wildman–Crippen MR) is 77.3 cm³/mol. The molecule has 0 radical (unpaired) electrons. The standard InChI is InChI=1S/C15H22N2O3/c1-11-10-16-7-8-17(11)15(18)9-12-13(19-2)5-4-6-14(12)20-3/h4-6,11,16H,7-10H2,1-3H3/t11-/m0/s1. The predicted octanol–water partition coefficient (Wildman–Crippen LogP) is 1.07. The van der Waals surface area contributed by atoms with Crippen LogP contribution in [0, 0.1) is 0 Å². The van der Waals surface area contributed by atoms with Gasteiger partial charge in [0.05, 0.1) is 20.6 Å². The fourth-order valence-corrected chi connectivity index (χ4v) is 2.57. The number of nitrogens with zero attached hydrogens (tertiary/aromatic N) is 1. The molecule has 110 valence electrons. The highest BCUT2D eigenvalue weighted by molar-refractivity contribution is 5.81. The molecule has 5 heteroatoms. The van der Waals surface area contributed by atoms with Crippen molar-refractivity contribution in [1.82, 2.24) is 10.2 Å². The molecule has 0 saturated carbocycles. The van der Waals surface area contributed by atoms with Gasteiger partial charge in [0.25, 0.3) is 0 Å². The van der Waals surface area contributed by atoms with E-state index < -0.39 is 0 Å². The van der Waals surface area contributed by atoms with Gasteiger partial charge in [-0.15, -0.1) is 0 Å². The Labute approximate surface area is 119 Å². The van der Waals surface area contributed by atoms with E-state index in [0.29, 0.717) is 17.9 Å². The van der Waals surface area contributed by atoms with Crippen LogP contribution in [0.25, 0.3) is 0 Å². The van der Waals surface area contributed by atoms with Gasteiger partial charge in [-0.1, -0.05) is 6.07 Å². The van der Waals surface area contributed by atoms with E-state index in [1.165, 1.54) is 0 Å².